The van der Waals surface area contributed by atoms with Crippen LogP contribution >= 0.6 is 0 Å². The third kappa shape index (κ3) is 4.26. The van der Waals surface area contributed by atoms with Gasteiger partial charge in [-0.2, -0.15) is 0 Å². The number of benzene rings is 1. The van der Waals surface area contributed by atoms with Gasteiger partial charge >= 0.3 is 0 Å². The van der Waals surface area contributed by atoms with E-state index in [9.17, 15) is 9.90 Å². The second kappa shape index (κ2) is 8.02. The van der Waals surface area contributed by atoms with E-state index in [0.717, 1.165) is 42.8 Å². The van der Waals surface area contributed by atoms with Crippen LogP contribution in [0.3, 0.4) is 0 Å². The number of carbonyl (C=O) groups is 1. The number of carbonyl (C=O) groups excluding carboxylic acids is 1. The van der Waals surface area contributed by atoms with Crippen LogP contribution in [-0.2, 0) is 11.2 Å². The molecule has 5 heteroatoms. The van der Waals surface area contributed by atoms with Crippen LogP contribution in [0.15, 0.2) is 36.2 Å². The number of anilines is 1. The van der Waals surface area contributed by atoms with Crippen molar-refractivity contribution in [3.8, 4) is 0 Å². The summed E-state index contributed by atoms with van der Waals surface area (Å²) in [7, 11) is 0. The topological polar surface area (TPSA) is 78.6 Å². The first-order valence-electron chi connectivity index (χ1n) is 8.28. The summed E-state index contributed by atoms with van der Waals surface area (Å²) in [5.41, 5.74) is 8.75. The number of aliphatic hydroxyl groups excluding tert-OH is 1. The van der Waals surface area contributed by atoms with Crippen molar-refractivity contribution >= 4 is 11.6 Å². The maximum Gasteiger partial charge on any atom is 0.255 e. The first-order chi connectivity index (χ1) is 11.1. The van der Waals surface area contributed by atoms with Gasteiger partial charge in [-0.3, -0.25) is 4.79 Å². The molecule has 0 aromatic heterocycles. The predicted octanol–water partition coefficient (Wildman–Crippen LogP) is 1.76. The summed E-state index contributed by atoms with van der Waals surface area (Å²) in [6.07, 6.45) is 3.51. The van der Waals surface area contributed by atoms with E-state index in [4.69, 9.17) is 5.73 Å². The Morgan fingerprint density at radius 2 is 2.26 bits per heavy atom. The van der Waals surface area contributed by atoms with Crippen molar-refractivity contribution in [3.05, 3.63) is 41.7 Å². The van der Waals surface area contributed by atoms with Gasteiger partial charge in [-0.1, -0.05) is 31.5 Å². The number of rotatable bonds is 6. The molecule has 0 saturated carbocycles. The molecule has 23 heavy (non-hydrogen) atoms. The molecule has 2 rings (SSSR count). The first-order valence-corrected chi connectivity index (χ1v) is 8.28. The number of nitrogens with two attached hydrogens (primary N) is 1. The molecule has 0 saturated heterocycles. The van der Waals surface area contributed by atoms with Gasteiger partial charge in [0, 0.05) is 30.7 Å². The summed E-state index contributed by atoms with van der Waals surface area (Å²) in [4.78, 5) is 14.0. The average Bonchev–Trinajstić information content (AvgIpc) is 2.57. The minimum absolute atomic E-state index is 0.245. The molecule has 5 nitrogen and oxygen atoms in total. The minimum atomic E-state index is -0.991. The summed E-state index contributed by atoms with van der Waals surface area (Å²) >= 11 is 0. The van der Waals surface area contributed by atoms with Gasteiger partial charge in [0.25, 0.3) is 5.91 Å². The van der Waals surface area contributed by atoms with Crippen LogP contribution in [0, 0.1) is 5.92 Å². The van der Waals surface area contributed by atoms with Gasteiger partial charge in [-0.15, -0.1) is 0 Å². The smallest absolute Gasteiger partial charge is 0.255 e. The molecule has 1 amide bonds. The maximum atomic E-state index is 12.3. The molecule has 0 aliphatic carbocycles. The zero-order valence-corrected chi connectivity index (χ0v) is 14.0. The number of para-hydroxylation sites is 1. The molecule has 2 atom stereocenters. The van der Waals surface area contributed by atoms with Crippen LogP contribution in [-0.4, -0.2) is 30.2 Å². The highest BCUT2D eigenvalue weighted by molar-refractivity contribution is 5.97. The third-order valence-corrected chi connectivity index (χ3v) is 4.19. The minimum Gasteiger partial charge on any atom is -0.403 e. The molecule has 1 aromatic rings. The Kier molecular flexibility index (Phi) is 6.04. The summed E-state index contributed by atoms with van der Waals surface area (Å²) in [5, 5.41) is 13.1. The van der Waals surface area contributed by atoms with Crippen molar-refractivity contribution in [1.82, 2.24) is 5.32 Å². The number of fused-ring (bicyclic) bond motifs is 1. The van der Waals surface area contributed by atoms with Gasteiger partial charge in [0.1, 0.15) is 6.10 Å². The zero-order chi connectivity index (χ0) is 16.8. The molecule has 126 valence electrons. The van der Waals surface area contributed by atoms with Gasteiger partial charge in [-0.25, -0.2) is 0 Å². The summed E-state index contributed by atoms with van der Waals surface area (Å²) < 4.78 is 0. The molecule has 0 spiro atoms. The van der Waals surface area contributed by atoms with Gasteiger partial charge < -0.3 is 21.1 Å². The highest BCUT2D eigenvalue weighted by Gasteiger charge is 2.29. The number of nitrogens with one attached hydrogen (secondary N) is 1. The lowest BCUT2D eigenvalue weighted by atomic mass is 9.92. The zero-order valence-electron chi connectivity index (χ0n) is 14.0. The number of amides is 1. The van der Waals surface area contributed by atoms with Gasteiger partial charge in [0.15, 0.2) is 0 Å². The fourth-order valence-electron chi connectivity index (χ4n) is 3.03. The molecular weight excluding hydrogens is 290 g/mol. The Morgan fingerprint density at radius 3 is 2.91 bits per heavy atom. The molecule has 2 unspecified atom stereocenters. The number of hydrogen-bond acceptors (Lipinski definition) is 4. The highest BCUT2D eigenvalue weighted by atomic mass is 16.3. The van der Waals surface area contributed by atoms with E-state index in [1.54, 1.807) is 11.1 Å². The lowest BCUT2D eigenvalue weighted by Gasteiger charge is -2.35. The van der Waals surface area contributed by atoms with Gasteiger partial charge in [0.2, 0.25) is 0 Å². The molecule has 1 aromatic carbocycles. The summed E-state index contributed by atoms with van der Waals surface area (Å²) in [6.45, 7) is 5.01. The van der Waals surface area contributed by atoms with Crippen LogP contribution in [0.1, 0.15) is 32.3 Å². The number of nitrogens with zero attached hydrogens (tertiary/aromatic N) is 1. The third-order valence-electron chi connectivity index (χ3n) is 4.19. The number of hydrogen-bond donors (Lipinski definition) is 3. The molecular formula is C18H27N3O2. The Balaban J connectivity index is 2.12. The van der Waals surface area contributed by atoms with Crippen LogP contribution in [0.25, 0.3) is 0 Å². The predicted molar refractivity (Wildman–Crippen MR) is 92.9 cm³/mol. The molecule has 0 bridgehead atoms. The monoisotopic (exact) mass is 317 g/mol. The molecule has 1 aliphatic rings. The molecule has 0 fully saturated rings. The van der Waals surface area contributed by atoms with E-state index in [1.165, 1.54) is 6.92 Å². The highest BCUT2D eigenvalue weighted by Crippen LogP contribution is 2.30. The van der Waals surface area contributed by atoms with E-state index in [0.29, 0.717) is 12.5 Å². The van der Waals surface area contributed by atoms with Crippen LogP contribution < -0.4 is 16.0 Å². The second-order valence-electron chi connectivity index (χ2n) is 6.15. The van der Waals surface area contributed by atoms with Crippen molar-refractivity contribution in [2.24, 2.45) is 11.7 Å². The lowest BCUT2D eigenvalue weighted by Crippen LogP contribution is -2.46. The quantitative estimate of drug-likeness (QED) is 0.747. The first kappa shape index (κ1) is 17.3. The fourth-order valence-corrected chi connectivity index (χ4v) is 3.03. The normalized spacial score (nSPS) is 19.2. The molecule has 1 aliphatic heterocycles. The fraction of sp³-hybridized carbons (Fsp3) is 0.500. The van der Waals surface area contributed by atoms with Crippen LogP contribution in [0.2, 0.25) is 0 Å². The van der Waals surface area contributed by atoms with Gasteiger partial charge in [0.05, 0.1) is 0 Å². The number of allylic oxidation sites excluding steroid dienone is 1. The van der Waals surface area contributed by atoms with Crippen LogP contribution in [0.5, 0.6) is 0 Å². The Hall–Kier alpha value is -2.01. The Labute approximate surface area is 138 Å². The average molecular weight is 317 g/mol. The van der Waals surface area contributed by atoms with Crippen molar-refractivity contribution in [2.45, 2.75) is 39.2 Å². The van der Waals surface area contributed by atoms with E-state index in [2.05, 4.69) is 18.3 Å². The van der Waals surface area contributed by atoms with Crippen molar-refractivity contribution in [1.29, 1.82) is 0 Å². The lowest BCUT2D eigenvalue weighted by molar-refractivity contribution is -0.126. The van der Waals surface area contributed by atoms with Gasteiger partial charge in [-0.05, 0) is 37.3 Å². The largest absolute Gasteiger partial charge is 0.403 e. The Bertz CT molecular complexity index is 569. The van der Waals surface area contributed by atoms with Crippen molar-refractivity contribution in [3.63, 3.8) is 0 Å². The summed E-state index contributed by atoms with van der Waals surface area (Å²) in [5.74, 6) is 0.0460. The second-order valence-corrected chi connectivity index (χ2v) is 6.15. The summed E-state index contributed by atoms with van der Waals surface area (Å²) in [6, 6.07) is 7.91. The molecule has 0 radical (unpaired) electrons. The van der Waals surface area contributed by atoms with Crippen molar-refractivity contribution < 1.29 is 9.90 Å². The van der Waals surface area contributed by atoms with E-state index < -0.39 is 6.10 Å². The van der Waals surface area contributed by atoms with Crippen molar-refractivity contribution in [2.75, 3.05) is 18.0 Å². The maximum absolute atomic E-state index is 12.3. The van der Waals surface area contributed by atoms with E-state index in [-0.39, 0.29) is 5.91 Å². The van der Waals surface area contributed by atoms with E-state index >= 15 is 0 Å². The Morgan fingerprint density at radius 1 is 1.52 bits per heavy atom. The molecule has 4 N–H and O–H groups in total. The van der Waals surface area contributed by atoms with Crippen LogP contribution in [0.4, 0.5) is 5.69 Å². The molecule has 1 heterocycles. The number of aliphatic hydroxyl groups is 1. The van der Waals surface area contributed by atoms with E-state index in [1.807, 2.05) is 18.2 Å². The SMILES string of the molecule is CCC/C(=C/N)NCC1Cc2ccccc2N(C(=O)C(C)O)C1. The standard InChI is InChI=1S/C18H27N3O2/c1-3-6-16(10-19)20-11-14-9-15-7-4-5-8-17(15)21(12-14)18(23)13(2)22/h4-5,7-8,10,13-14,20,22H,3,6,9,11-12,19H2,1-2H3/b16-10-.